The number of nitrogen functional groups attached to an aromatic ring is 1. The van der Waals surface area contributed by atoms with Gasteiger partial charge in [-0.05, 0) is 68.3 Å². The van der Waals surface area contributed by atoms with Crippen molar-refractivity contribution in [3.8, 4) is 0 Å². The third-order valence-corrected chi connectivity index (χ3v) is 4.08. The summed E-state index contributed by atoms with van der Waals surface area (Å²) in [6, 6.07) is 10.2. The molecular formula is C13H9Br2ClN2O. The Morgan fingerprint density at radius 1 is 1.11 bits per heavy atom. The first kappa shape index (κ1) is 14.4. The summed E-state index contributed by atoms with van der Waals surface area (Å²) < 4.78 is 1.52. The lowest BCUT2D eigenvalue weighted by Crippen LogP contribution is -2.12. The second-order valence-electron chi connectivity index (χ2n) is 3.81. The summed E-state index contributed by atoms with van der Waals surface area (Å²) in [5.74, 6) is -0.248. The number of anilines is 2. The van der Waals surface area contributed by atoms with Crippen LogP contribution in [0.4, 0.5) is 11.4 Å². The number of benzene rings is 2. The predicted octanol–water partition coefficient (Wildman–Crippen LogP) is 4.70. The van der Waals surface area contributed by atoms with Gasteiger partial charge < -0.3 is 11.1 Å². The van der Waals surface area contributed by atoms with Gasteiger partial charge in [-0.2, -0.15) is 0 Å². The van der Waals surface area contributed by atoms with E-state index < -0.39 is 0 Å². The first-order chi connectivity index (χ1) is 8.97. The highest BCUT2D eigenvalue weighted by Crippen LogP contribution is 2.27. The van der Waals surface area contributed by atoms with E-state index in [1.165, 1.54) is 0 Å². The number of amides is 1. The molecule has 0 unspecified atom stereocenters. The molecule has 0 aromatic heterocycles. The van der Waals surface area contributed by atoms with Gasteiger partial charge in [0.25, 0.3) is 5.91 Å². The number of carbonyl (C=O) groups is 1. The lowest BCUT2D eigenvalue weighted by molar-refractivity contribution is 0.102. The lowest BCUT2D eigenvalue weighted by Gasteiger charge is -2.09. The minimum absolute atomic E-state index is 0.248. The first-order valence-electron chi connectivity index (χ1n) is 5.29. The van der Waals surface area contributed by atoms with Crippen LogP contribution in [0, 0.1) is 0 Å². The summed E-state index contributed by atoms with van der Waals surface area (Å²) in [5.41, 5.74) is 7.35. The first-order valence-corrected chi connectivity index (χ1v) is 7.25. The summed E-state index contributed by atoms with van der Waals surface area (Å²) >= 11 is 12.5. The molecule has 0 aliphatic rings. The average molecular weight is 404 g/mol. The Kier molecular flexibility index (Phi) is 4.50. The van der Waals surface area contributed by atoms with Crippen LogP contribution in [-0.4, -0.2) is 5.91 Å². The quantitative estimate of drug-likeness (QED) is 0.713. The van der Waals surface area contributed by atoms with Crippen molar-refractivity contribution in [1.82, 2.24) is 0 Å². The zero-order chi connectivity index (χ0) is 14.0. The van der Waals surface area contributed by atoms with Gasteiger partial charge in [0.1, 0.15) is 0 Å². The van der Waals surface area contributed by atoms with E-state index in [1.54, 1.807) is 36.4 Å². The van der Waals surface area contributed by atoms with Crippen LogP contribution in [0.15, 0.2) is 45.3 Å². The highest BCUT2D eigenvalue weighted by Gasteiger charge is 2.10. The van der Waals surface area contributed by atoms with E-state index in [2.05, 4.69) is 37.2 Å². The van der Waals surface area contributed by atoms with Gasteiger partial charge in [-0.15, -0.1) is 0 Å². The molecule has 2 aromatic carbocycles. The standard InChI is InChI=1S/C13H9Br2ClN2O/c14-9-3-1-7(5-11(9)17)13(19)18-12-6-8(16)2-4-10(12)15/h1-6H,17H2,(H,18,19). The van der Waals surface area contributed by atoms with Crippen molar-refractivity contribution in [2.75, 3.05) is 11.1 Å². The minimum Gasteiger partial charge on any atom is -0.398 e. The van der Waals surface area contributed by atoms with Crippen LogP contribution < -0.4 is 11.1 Å². The molecule has 0 saturated heterocycles. The SMILES string of the molecule is Nc1cc(C(=O)Nc2cc(Cl)ccc2Br)ccc1Br. The largest absolute Gasteiger partial charge is 0.398 e. The zero-order valence-electron chi connectivity index (χ0n) is 9.58. The summed E-state index contributed by atoms with van der Waals surface area (Å²) in [7, 11) is 0. The van der Waals surface area contributed by atoms with Crippen molar-refractivity contribution in [3.63, 3.8) is 0 Å². The molecule has 0 bridgehead atoms. The van der Waals surface area contributed by atoms with Gasteiger partial charge in [0.15, 0.2) is 0 Å². The molecule has 0 heterocycles. The molecule has 0 spiro atoms. The van der Waals surface area contributed by atoms with E-state index in [0.717, 1.165) is 8.95 Å². The second kappa shape index (κ2) is 5.94. The number of hydrogen-bond donors (Lipinski definition) is 2. The van der Waals surface area contributed by atoms with Crippen molar-refractivity contribution >= 4 is 60.7 Å². The van der Waals surface area contributed by atoms with Crippen molar-refractivity contribution in [3.05, 3.63) is 55.9 Å². The molecule has 19 heavy (non-hydrogen) atoms. The van der Waals surface area contributed by atoms with Gasteiger partial charge in [-0.3, -0.25) is 4.79 Å². The molecule has 2 aromatic rings. The Morgan fingerprint density at radius 3 is 2.47 bits per heavy atom. The predicted molar refractivity (Wildman–Crippen MR) is 85.7 cm³/mol. The van der Waals surface area contributed by atoms with E-state index in [-0.39, 0.29) is 5.91 Å². The molecule has 0 radical (unpaired) electrons. The Bertz CT molecular complexity index is 647. The molecule has 1 amide bonds. The Morgan fingerprint density at radius 2 is 1.79 bits per heavy atom. The molecule has 0 aliphatic carbocycles. The van der Waals surface area contributed by atoms with Crippen LogP contribution in [0.25, 0.3) is 0 Å². The van der Waals surface area contributed by atoms with Gasteiger partial charge >= 0.3 is 0 Å². The summed E-state index contributed by atoms with van der Waals surface area (Å²) in [4.78, 5) is 12.1. The molecule has 3 N–H and O–H groups in total. The molecule has 0 atom stereocenters. The minimum atomic E-state index is -0.248. The average Bonchev–Trinajstić information content (AvgIpc) is 2.37. The monoisotopic (exact) mass is 402 g/mol. The lowest BCUT2D eigenvalue weighted by atomic mass is 10.2. The molecule has 6 heteroatoms. The number of hydrogen-bond acceptors (Lipinski definition) is 2. The fourth-order valence-electron chi connectivity index (χ4n) is 1.47. The number of halogens is 3. The number of nitrogens with two attached hydrogens (primary N) is 1. The maximum atomic E-state index is 12.1. The van der Waals surface area contributed by atoms with Gasteiger partial charge in [0.05, 0.1) is 5.69 Å². The number of rotatable bonds is 2. The highest BCUT2D eigenvalue weighted by molar-refractivity contribution is 9.11. The fraction of sp³-hybridized carbons (Fsp3) is 0. The maximum absolute atomic E-state index is 12.1. The van der Waals surface area contributed by atoms with E-state index in [0.29, 0.717) is 22.0 Å². The smallest absolute Gasteiger partial charge is 0.255 e. The molecule has 98 valence electrons. The van der Waals surface area contributed by atoms with E-state index in [4.69, 9.17) is 17.3 Å². The summed E-state index contributed by atoms with van der Waals surface area (Å²) in [6.45, 7) is 0. The Balaban J connectivity index is 2.25. The van der Waals surface area contributed by atoms with Crippen molar-refractivity contribution in [2.24, 2.45) is 0 Å². The van der Waals surface area contributed by atoms with Crippen molar-refractivity contribution in [2.45, 2.75) is 0 Å². The van der Waals surface area contributed by atoms with Gasteiger partial charge in [-0.25, -0.2) is 0 Å². The molecule has 3 nitrogen and oxygen atoms in total. The molecule has 2 rings (SSSR count). The van der Waals surface area contributed by atoms with Gasteiger partial charge in [0, 0.05) is 25.2 Å². The van der Waals surface area contributed by atoms with Crippen LogP contribution >= 0.6 is 43.5 Å². The molecular weight excluding hydrogens is 395 g/mol. The van der Waals surface area contributed by atoms with Crippen LogP contribution in [0.2, 0.25) is 5.02 Å². The second-order valence-corrected chi connectivity index (χ2v) is 5.96. The normalized spacial score (nSPS) is 10.3. The van der Waals surface area contributed by atoms with Crippen molar-refractivity contribution < 1.29 is 4.79 Å². The Hall–Kier alpha value is -1.04. The van der Waals surface area contributed by atoms with Gasteiger partial charge in [0.2, 0.25) is 0 Å². The fourth-order valence-corrected chi connectivity index (χ4v) is 2.24. The van der Waals surface area contributed by atoms with E-state index >= 15 is 0 Å². The summed E-state index contributed by atoms with van der Waals surface area (Å²) in [5, 5.41) is 3.32. The van der Waals surface area contributed by atoms with Crippen LogP contribution in [0.5, 0.6) is 0 Å². The summed E-state index contributed by atoms with van der Waals surface area (Å²) in [6.07, 6.45) is 0. The molecule has 0 aliphatic heterocycles. The number of nitrogens with one attached hydrogen (secondary N) is 1. The van der Waals surface area contributed by atoms with Crippen LogP contribution in [0.3, 0.4) is 0 Å². The van der Waals surface area contributed by atoms with Crippen LogP contribution in [-0.2, 0) is 0 Å². The molecule has 0 fully saturated rings. The molecule has 0 saturated carbocycles. The van der Waals surface area contributed by atoms with E-state index in [9.17, 15) is 4.79 Å². The Labute approximate surface area is 132 Å². The van der Waals surface area contributed by atoms with E-state index in [1.807, 2.05) is 0 Å². The third-order valence-electron chi connectivity index (χ3n) is 2.43. The van der Waals surface area contributed by atoms with Crippen molar-refractivity contribution in [1.29, 1.82) is 0 Å². The highest BCUT2D eigenvalue weighted by atomic mass is 79.9. The van der Waals surface area contributed by atoms with Gasteiger partial charge in [-0.1, -0.05) is 11.6 Å². The maximum Gasteiger partial charge on any atom is 0.255 e. The zero-order valence-corrected chi connectivity index (χ0v) is 13.5. The third kappa shape index (κ3) is 3.49. The number of carbonyl (C=O) groups excluding carboxylic acids is 1. The van der Waals surface area contributed by atoms with Crippen LogP contribution in [0.1, 0.15) is 10.4 Å². The topological polar surface area (TPSA) is 55.1 Å².